The summed E-state index contributed by atoms with van der Waals surface area (Å²) < 4.78 is 31.7. The maximum Gasteiger partial charge on any atom is 0.490 e. The summed E-state index contributed by atoms with van der Waals surface area (Å²) in [6.07, 6.45) is -3.38. The largest absolute Gasteiger partial charge is 0.490 e. The number of carbonyl (C=O) groups excluding carboxylic acids is 1. The molecule has 2 amide bonds. The molecule has 2 fully saturated rings. The van der Waals surface area contributed by atoms with Gasteiger partial charge in [-0.1, -0.05) is 12.1 Å². The number of piperazine rings is 1. The summed E-state index contributed by atoms with van der Waals surface area (Å²) >= 11 is 0. The number of hydrogen-bond donors (Lipinski definition) is 3. The van der Waals surface area contributed by atoms with Gasteiger partial charge in [0, 0.05) is 31.7 Å². The molecule has 0 aliphatic carbocycles. The number of hydrogen-bond acceptors (Lipinski definition) is 5. The van der Waals surface area contributed by atoms with Crippen LogP contribution in [0.15, 0.2) is 42.6 Å². The summed E-state index contributed by atoms with van der Waals surface area (Å²) in [4.78, 5) is 40.5. The summed E-state index contributed by atoms with van der Waals surface area (Å²) in [5.74, 6) is -3.71. The Morgan fingerprint density at radius 1 is 1.09 bits per heavy atom. The van der Waals surface area contributed by atoms with E-state index >= 15 is 0 Å². The molecule has 4 rings (SSSR count). The Bertz CT molecular complexity index is 996. The first-order valence-electron chi connectivity index (χ1n) is 9.46. The molecule has 2 aromatic rings. The van der Waals surface area contributed by atoms with Gasteiger partial charge >= 0.3 is 24.1 Å². The van der Waals surface area contributed by atoms with Gasteiger partial charge in [0.2, 0.25) is 0 Å². The number of rotatable bonds is 3. The minimum atomic E-state index is -5.08. The van der Waals surface area contributed by atoms with Gasteiger partial charge in [0.25, 0.3) is 0 Å². The SMILES string of the molecule is O=C(O)C(F)(F)F.O=C(O)c1ccc(-c2ccc(N3C[C@@H]4CNCCN4C3=O)cn2)cc1. The van der Waals surface area contributed by atoms with Gasteiger partial charge in [-0.15, -0.1) is 0 Å². The molecule has 0 radical (unpaired) electrons. The molecular weight excluding hydrogens is 433 g/mol. The van der Waals surface area contributed by atoms with Crippen LogP contribution in [0.1, 0.15) is 10.4 Å². The lowest BCUT2D eigenvalue weighted by Gasteiger charge is -2.28. The standard InChI is InChI=1S/C18H18N4O3.C2HF3O2/c23-17(24)13-3-1-12(2-4-13)16-6-5-14(10-20-16)22-11-15-9-19-7-8-21(15)18(22)25;3-2(4,5)1(6)7/h1-6,10,15,19H,7-9,11H2,(H,23,24);(H,6,7)/t15-;/m0./s1. The van der Waals surface area contributed by atoms with Gasteiger partial charge in [-0.25, -0.2) is 14.4 Å². The second kappa shape index (κ2) is 9.22. The lowest BCUT2D eigenvalue weighted by molar-refractivity contribution is -0.192. The number of aliphatic carboxylic acids is 1. The van der Waals surface area contributed by atoms with Crippen LogP contribution < -0.4 is 10.2 Å². The Morgan fingerprint density at radius 2 is 1.75 bits per heavy atom. The summed E-state index contributed by atoms with van der Waals surface area (Å²) in [6, 6.07) is 10.6. The van der Waals surface area contributed by atoms with Gasteiger partial charge in [-0.2, -0.15) is 13.2 Å². The normalized spacial score (nSPS) is 18.0. The molecular formula is C20H19F3N4O5. The Morgan fingerprint density at radius 3 is 2.25 bits per heavy atom. The van der Waals surface area contributed by atoms with Crippen molar-refractivity contribution in [1.29, 1.82) is 0 Å². The molecule has 0 bridgehead atoms. The number of aromatic carboxylic acids is 1. The van der Waals surface area contributed by atoms with Crippen molar-refractivity contribution in [1.82, 2.24) is 15.2 Å². The number of nitrogens with zero attached hydrogens (tertiary/aromatic N) is 3. The molecule has 9 nitrogen and oxygen atoms in total. The Hall–Kier alpha value is -3.67. The number of fused-ring (bicyclic) bond motifs is 1. The van der Waals surface area contributed by atoms with Crippen LogP contribution >= 0.6 is 0 Å². The van der Waals surface area contributed by atoms with Gasteiger partial charge < -0.3 is 20.4 Å². The first kappa shape index (κ1) is 23.0. The number of aromatic nitrogens is 1. The van der Waals surface area contributed by atoms with Gasteiger partial charge in [-0.05, 0) is 24.3 Å². The van der Waals surface area contributed by atoms with Crippen molar-refractivity contribution in [2.45, 2.75) is 12.2 Å². The van der Waals surface area contributed by atoms with Crippen LogP contribution in [0.25, 0.3) is 11.3 Å². The van der Waals surface area contributed by atoms with Crippen molar-refractivity contribution in [3.05, 3.63) is 48.2 Å². The maximum atomic E-state index is 12.5. The number of nitrogens with one attached hydrogen (secondary N) is 1. The fraction of sp³-hybridized carbons (Fsp3) is 0.300. The highest BCUT2D eigenvalue weighted by atomic mass is 19.4. The highest BCUT2D eigenvalue weighted by Crippen LogP contribution is 2.26. The molecule has 3 heterocycles. The van der Waals surface area contributed by atoms with Crippen molar-refractivity contribution < 1.29 is 37.8 Å². The third-order valence-corrected chi connectivity index (χ3v) is 4.95. The molecule has 1 atom stereocenters. The number of alkyl halides is 3. The van der Waals surface area contributed by atoms with Crippen molar-refractivity contribution >= 4 is 23.7 Å². The monoisotopic (exact) mass is 452 g/mol. The van der Waals surface area contributed by atoms with E-state index in [0.717, 1.165) is 36.6 Å². The topological polar surface area (TPSA) is 123 Å². The molecule has 1 aromatic carbocycles. The number of urea groups is 1. The molecule has 2 aliphatic heterocycles. The average molecular weight is 452 g/mol. The zero-order valence-corrected chi connectivity index (χ0v) is 16.5. The number of halogens is 3. The molecule has 0 unspecified atom stereocenters. The van der Waals surface area contributed by atoms with Crippen LogP contribution in [0.2, 0.25) is 0 Å². The number of benzene rings is 1. The Balaban J connectivity index is 0.000000360. The number of carbonyl (C=O) groups is 3. The zero-order chi connectivity index (χ0) is 23.5. The van der Waals surface area contributed by atoms with E-state index in [2.05, 4.69) is 10.3 Å². The number of amides is 2. The second-order valence-electron chi connectivity index (χ2n) is 7.03. The molecule has 3 N–H and O–H groups in total. The van der Waals surface area contributed by atoms with Crippen LogP contribution in [0.4, 0.5) is 23.7 Å². The molecule has 170 valence electrons. The van der Waals surface area contributed by atoms with Gasteiger partial charge in [-0.3, -0.25) is 9.88 Å². The minimum absolute atomic E-state index is 0.0341. The van der Waals surface area contributed by atoms with Crippen LogP contribution in [0.5, 0.6) is 0 Å². The number of anilines is 1. The first-order valence-corrected chi connectivity index (χ1v) is 9.46. The third-order valence-electron chi connectivity index (χ3n) is 4.95. The van der Waals surface area contributed by atoms with E-state index in [9.17, 15) is 22.8 Å². The van der Waals surface area contributed by atoms with E-state index in [1.807, 2.05) is 17.0 Å². The lowest BCUT2D eigenvalue weighted by Crippen LogP contribution is -2.49. The number of carboxylic acids is 2. The molecule has 32 heavy (non-hydrogen) atoms. The van der Waals surface area contributed by atoms with Gasteiger partial charge in [0.05, 0.1) is 29.2 Å². The summed E-state index contributed by atoms with van der Waals surface area (Å²) in [6.45, 7) is 3.06. The zero-order valence-electron chi connectivity index (χ0n) is 16.5. The molecule has 0 spiro atoms. The lowest BCUT2D eigenvalue weighted by atomic mass is 10.1. The van der Waals surface area contributed by atoms with Crippen LogP contribution in [-0.2, 0) is 4.79 Å². The highest BCUT2D eigenvalue weighted by molar-refractivity contribution is 5.94. The number of carboxylic acid groups (broad SMARTS) is 2. The fourth-order valence-corrected chi connectivity index (χ4v) is 3.34. The van der Waals surface area contributed by atoms with Gasteiger partial charge in [0.15, 0.2) is 0 Å². The highest BCUT2D eigenvalue weighted by Gasteiger charge is 2.39. The Kier molecular flexibility index (Phi) is 6.63. The number of pyridine rings is 1. The van der Waals surface area contributed by atoms with Crippen molar-refractivity contribution in [3.63, 3.8) is 0 Å². The Labute approximate surface area is 180 Å². The van der Waals surface area contributed by atoms with Crippen molar-refractivity contribution in [2.75, 3.05) is 31.1 Å². The summed E-state index contributed by atoms with van der Waals surface area (Å²) in [5, 5.41) is 19.4. The molecule has 0 saturated carbocycles. The summed E-state index contributed by atoms with van der Waals surface area (Å²) in [7, 11) is 0. The van der Waals surface area contributed by atoms with Crippen molar-refractivity contribution in [2.24, 2.45) is 0 Å². The average Bonchev–Trinajstić information content (AvgIpc) is 3.10. The molecule has 1 aromatic heterocycles. The minimum Gasteiger partial charge on any atom is -0.478 e. The van der Waals surface area contributed by atoms with Crippen LogP contribution in [-0.4, -0.2) is 76.5 Å². The van der Waals surface area contributed by atoms with E-state index in [0.29, 0.717) is 6.54 Å². The van der Waals surface area contributed by atoms with E-state index in [1.165, 1.54) is 0 Å². The second-order valence-corrected chi connectivity index (χ2v) is 7.03. The van der Waals surface area contributed by atoms with E-state index < -0.39 is 18.1 Å². The summed E-state index contributed by atoms with van der Waals surface area (Å²) in [5.41, 5.74) is 2.61. The van der Waals surface area contributed by atoms with Gasteiger partial charge in [0.1, 0.15) is 0 Å². The van der Waals surface area contributed by atoms with Crippen LogP contribution in [0.3, 0.4) is 0 Å². The predicted molar refractivity (Wildman–Crippen MR) is 106 cm³/mol. The van der Waals surface area contributed by atoms with E-state index in [1.54, 1.807) is 35.4 Å². The maximum absolute atomic E-state index is 12.5. The van der Waals surface area contributed by atoms with E-state index in [4.69, 9.17) is 15.0 Å². The fourth-order valence-electron chi connectivity index (χ4n) is 3.34. The quantitative estimate of drug-likeness (QED) is 0.653. The van der Waals surface area contributed by atoms with E-state index in [-0.39, 0.29) is 17.6 Å². The predicted octanol–water partition coefficient (Wildman–Crippen LogP) is 2.29. The molecule has 2 aliphatic rings. The smallest absolute Gasteiger partial charge is 0.478 e. The first-order chi connectivity index (χ1) is 15.1. The third kappa shape index (κ3) is 5.14. The van der Waals surface area contributed by atoms with Crippen molar-refractivity contribution in [3.8, 4) is 11.3 Å². The molecule has 12 heteroatoms. The van der Waals surface area contributed by atoms with Crippen LogP contribution in [0, 0.1) is 0 Å². The molecule has 2 saturated heterocycles.